The molecule has 0 N–H and O–H groups in total. The Morgan fingerprint density at radius 2 is 1.67 bits per heavy atom. The maximum absolute atomic E-state index is 14.1. The molecular formula is C20H13F6N3O. The summed E-state index contributed by atoms with van der Waals surface area (Å²) in [5.74, 6) is -4.36. The van der Waals surface area contributed by atoms with Gasteiger partial charge in [-0.2, -0.15) is 18.3 Å². The molecule has 0 saturated carbocycles. The second kappa shape index (κ2) is 7.19. The number of benzene rings is 2. The third-order valence-electron chi connectivity index (χ3n) is 4.83. The van der Waals surface area contributed by atoms with Crippen LogP contribution in [0.15, 0.2) is 42.6 Å². The number of nitrogens with zero attached hydrogens (tertiary/aromatic N) is 3. The van der Waals surface area contributed by atoms with Gasteiger partial charge in [0.15, 0.2) is 17.3 Å². The Morgan fingerprint density at radius 1 is 0.967 bits per heavy atom. The van der Waals surface area contributed by atoms with Crippen molar-refractivity contribution in [1.82, 2.24) is 9.78 Å². The predicted molar refractivity (Wildman–Crippen MR) is 94.9 cm³/mol. The van der Waals surface area contributed by atoms with E-state index in [0.717, 1.165) is 29.2 Å². The summed E-state index contributed by atoms with van der Waals surface area (Å²) in [4.78, 5) is 14.0. The lowest BCUT2D eigenvalue weighted by molar-refractivity contribution is -0.143. The van der Waals surface area contributed by atoms with E-state index in [4.69, 9.17) is 0 Å². The van der Waals surface area contributed by atoms with Crippen LogP contribution in [0.25, 0.3) is 5.69 Å². The quantitative estimate of drug-likeness (QED) is 0.548. The molecule has 0 saturated heterocycles. The summed E-state index contributed by atoms with van der Waals surface area (Å²) >= 11 is 0. The van der Waals surface area contributed by atoms with Gasteiger partial charge in [-0.05, 0) is 36.6 Å². The second-order valence-corrected chi connectivity index (χ2v) is 6.72. The molecule has 0 unspecified atom stereocenters. The van der Waals surface area contributed by atoms with Crippen molar-refractivity contribution < 1.29 is 31.1 Å². The number of rotatable bonds is 2. The van der Waals surface area contributed by atoms with Crippen LogP contribution in [0.2, 0.25) is 0 Å². The minimum atomic E-state index is -5.03. The van der Waals surface area contributed by atoms with Gasteiger partial charge in [0.2, 0.25) is 0 Å². The number of anilines is 1. The number of amides is 1. The number of hydrogen-bond acceptors (Lipinski definition) is 2. The van der Waals surface area contributed by atoms with Crippen molar-refractivity contribution in [3.05, 3.63) is 76.9 Å². The number of halogens is 6. The van der Waals surface area contributed by atoms with Crippen LogP contribution in [-0.2, 0) is 12.6 Å². The van der Waals surface area contributed by atoms with Gasteiger partial charge in [-0.15, -0.1) is 0 Å². The summed E-state index contributed by atoms with van der Waals surface area (Å²) in [5, 5.41) is 3.59. The van der Waals surface area contributed by atoms with Crippen LogP contribution in [0.5, 0.6) is 0 Å². The Bertz CT molecular complexity index is 1140. The van der Waals surface area contributed by atoms with Crippen molar-refractivity contribution in [2.75, 3.05) is 11.4 Å². The fraction of sp³-hybridized carbons (Fsp3) is 0.200. The Kier molecular flexibility index (Phi) is 4.79. The molecule has 3 aromatic rings. The van der Waals surface area contributed by atoms with Gasteiger partial charge >= 0.3 is 6.18 Å². The smallest absolute Gasteiger partial charge is 0.308 e. The first-order valence-corrected chi connectivity index (χ1v) is 8.88. The van der Waals surface area contributed by atoms with Crippen molar-refractivity contribution in [2.45, 2.75) is 19.0 Å². The number of aryl methyl sites for hydroxylation is 1. The van der Waals surface area contributed by atoms with Gasteiger partial charge in [-0.25, -0.2) is 17.9 Å². The molecule has 4 nitrogen and oxygen atoms in total. The van der Waals surface area contributed by atoms with Gasteiger partial charge in [-0.1, -0.05) is 12.1 Å². The largest absolute Gasteiger partial charge is 0.434 e. The standard InChI is InChI=1S/C20H13F6N3O/c21-13-5-1-2-6-16(13)29-18(20(24,25)26)12(10-27-29)19(30)28-7-3-4-11-8-14(22)15(23)9-17(11)28/h1-2,5-6,8-10H,3-4,7H2. The molecule has 0 atom stereocenters. The number of fused-ring (bicyclic) bond motifs is 1. The van der Waals surface area contributed by atoms with E-state index in [9.17, 15) is 31.1 Å². The lowest BCUT2D eigenvalue weighted by Crippen LogP contribution is -2.36. The molecule has 2 aromatic carbocycles. The Balaban J connectivity index is 1.84. The average Bonchev–Trinajstić information content (AvgIpc) is 3.14. The van der Waals surface area contributed by atoms with Gasteiger partial charge < -0.3 is 4.90 Å². The number of alkyl halides is 3. The van der Waals surface area contributed by atoms with Crippen LogP contribution in [-0.4, -0.2) is 22.2 Å². The van der Waals surface area contributed by atoms with Gasteiger partial charge in [0, 0.05) is 12.6 Å². The third kappa shape index (κ3) is 3.31. The lowest BCUT2D eigenvalue weighted by atomic mass is 10.00. The Morgan fingerprint density at radius 3 is 2.37 bits per heavy atom. The van der Waals surface area contributed by atoms with E-state index < -0.39 is 46.5 Å². The third-order valence-corrected chi connectivity index (χ3v) is 4.83. The minimum absolute atomic E-state index is 0.00286. The Hall–Kier alpha value is -3.30. The molecule has 1 amide bonds. The highest BCUT2D eigenvalue weighted by molar-refractivity contribution is 6.07. The highest BCUT2D eigenvalue weighted by Crippen LogP contribution is 2.37. The molecule has 4 rings (SSSR count). The monoisotopic (exact) mass is 425 g/mol. The van der Waals surface area contributed by atoms with Crippen molar-refractivity contribution in [1.29, 1.82) is 0 Å². The van der Waals surface area contributed by atoms with E-state index in [-0.39, 0.29) is 12.2 Å². The fourth-order valence-electron chi connectivity index (χ4n) is 3.52. The van der Waals surface area contributed by atoms with Crippen LogP contribution in [0.3, 0.4) is 0 Å². The first-order chi connectivity index (χ1) is 14.2. The normalized spacial score (nSPS) is 14.0. The highest BCUT2D eigenvalue weighted by Gasteiger charge is 2.42. The average molecular weight is 425 g/mol. The Labute approximate surface area is 166 Å². The SMILES string of the molecule is O=C(c1cnn(-c2ccccc2F)c1C(F)(F)F)N1CCCc2cc(F)c(F)cc21. The molecule has 1 aliphatic rings. The molecule has 0 spiro atoms. The number of carbonyl (C=O) groups is 1. The first kappa shape index (κ1) is 20.0. The number of aromatic nitrogens is 2. The van der Waals surface area contributed by atoms with Crippen molar-refractivity contribution in [2.24, 2.45) is 0 Å². The summed E-state index contributed by atoms with van der Waals surface area (Å²) in [6.07, 6.45) is -3.63. The molecule has 0 bridgehead atoms. The van der Waals surface area contributed by atoms with Crippen molar-refractivity contribution in [3.63, 3.8) is 0 Å². The van der Waals surface area contributed by atoms with Crippen LogP contribution >= 0.6 is 0 Å². The lowest BCUT2D eigenvalue weighted by Gasteiger charge is -2.29. The second-order valence-electron chi connectivity index (χ2n) is 6.72. The minimum Gasteiger partial charge on any atom is -0.308 e. The molecule has 2 heterocycles. The summed E-state index contributed by atoms with van der Waals surface area (Å²) in [5.41, 5.74) is -2.44. The highest BCUT2D eigenvalue weighted by atomic mass is 19.4. The van der Waals surface area contributed by atoms with Gasteiger partial charge in [0.05, 0.1) is 17.4 Å². The maximum atomic E-state index is 14.1. The van der Waals surface area contributed by atoms with E-state index in [2.05, 4.69) is 5.10 Å². The predicted octanol–water partition coefficient (Wildman–Crippen LogP) is 4.90. The molecule has 156 valence electrons. The van der Waals surface area contributed by atoms with Crippen LogP contribution in [0.4, 0.5) is 32.0 Å². The molecule has 0 radical (unpaired) electrons. The van der Waals surface area contributed by atoms with Crippen LogP contribution < -0.4 is 4.90 Å². The van der Waals surface area contributed by atoms with Crippen LogP contribution in [0, 0.1) is 17.5 Å². The zero-order valence-corrected chi connectivity index (χ0v) is 15.2. The molecule has 30 heavy (non-hydrogen) atoms. The van der Waals surface area contributed by atoms with Crippen molar-refractivity contribution in [3.8, 4) is 5.69 Å². The van der Waals surface area contributed by atoms with E-state index >= 15 is 0 Å². The van der Waals surface area contributed by atoms with E-state index in [0.29, 0.717) is 29.3 Å². The van der Waals surface area contributed by atoms with E-state index in [1.54, 1.807) is 0 Å². The molecule has 0 fully saturated rings. The maximum Gasteiger partial charge on any atom is 0.434 e. The first-order valence-electron chi connectivity index (χ1n) is 8.88. The molecule has 1 aromatic heterocycles. The topological polar surface area (TPSA) is 38.1 Å². The van der Waals surface area contributed by atoms with Gasteiger partial charge in [0.25, 0.3) is 5.91 Å². The zero-order chi connectivity index (χ0) is 21.6. The summed E-state index contributed by atoms with van der Waals surface area (Å²) in [6.45, 7) is 0.0130. The fourth-order valence-corrected chi connectivity index (χ4v) is 3.52. The molecule has 0 aliphatic carbocycles. The molecule has 1 aliphatic heterocycles. The number of carbonyl (C=O) groups excluding carboxylic acids is 1. The van der Waals surface area contributed by atoms with Gasteiger partial charge in [-0.3, -0.25) is 4.79 Å². The van der Waals surface area contributed by atoms with Crippen molar-refractivity contribution >= 4 is 11.6 Å². The number of hydrogen-bond donors (Lipinski definition) is 0. The summed E-state index contributed by atoms with van der Waals surface area (Å²) in [7, 11) is 0. The summed E-state index contributed by atoms with van der Waals surface area (Å²) < 4.78 is 83.2. The van der Waals surface area contributed by atoms with Crippen LogP contribution in [0.1, 0.15) is 28.0 Å². The molecular weight excluding hydrogens is 412 g/mol. The summed E-state index contributed by atoms with van der Waals surface area (Å²) in [6, 6.07) is 6.42. The zero-order valence-electron chi connectivity index (χ0n) is 15.2. The van der Waals surface area contributed by atoms with E-state index in [1.807, 2.05) is 0 Å². The van der Waals surface area contributed by atoms with Gasteiger partial charge in [0.1, 0.15) is 11.5 Å². The molecule has 10 heteroatoms. The van der Waals surface area contributed by atoms with E-state index in [1.165, 1.54) is 12.1 Å². The number of para-hydroxylation sites is 1.